The first-order valence-corrected chi connectivity index (χ1v) is 5.38. The molecular formula is C11H18N2O3. The van der Waals surface area contributed by atoms with Crippen LogP contribution in [-0.4, -0.2) is 36.2 Å². The Morgan fingerprint density at radius 2 is 2.38 bits per heavy atom. The number of rotatable bonds is 6. The molecule has 0 atom stereocenters. The maximum absolute atomic E-state index is 11.1. The molecule has 0 aliphatic rings. The summed E-state index contributed by atoms with van der Waals surface area (Å²) in [6, 6.07) is 1.89. The van der Waals surface area contributed by atoms with E-state index in [1.165, 1.54) is 0 Å². The monoisotopic (exact) mass is 226 g/mol. The molecule has 0 radical (unpaired) electrons. The third-order valence-electron chi connectivity index (χ3n) is 2.11. The van der Waals surface area contributed by atoms with Crippen LogP contribution in [0.2, 0.25) is 0 Å². The lowest BCUT2D eigenvalue weighted by Crippen LogP contribution is -2.22. The predicted octanol–water partition coefficient (Wildman–Crippen LogP) is 1.37. The number of aromatic nitrogens is 1. The Kier molecular flexibility index (Phi) is 4.98. The van der Waals surface area contributed by atoms with Crippen LogP contribution in [0, 0.1) is 6.92 Å². The van der Waals surface area contributed by atoms with Gasteiger partial charge in [0.25, 0.3) is 0 Å². The van der Waals surface area contributed by atoms with Crippen molar-refractivity contribution in [2.75, 3.05) is 20.2 Å². The van der Waals surface area contributed by atoms with Crippen LogP contribution >= 0.6 is 0 Å². The molecule has 0 aromatic carbocycles. The van der Waals surface area contributed by atoms with Gasteiger partial charge in [-0.3, -0.25) is 9.69 Å². The number of hydrogen-bond acceptors (Lipinski definition) is 5. The lowest BCUT2D eigenvalue weighted by molar-refractivity contribution is -0.143. The molecule has 0 amide bonds. The lowest BCUT2D eigenvalue weighted by Gasteiger charge is -2.13. The Labute approximate surface area is 95.4 Å². The first-order valence-electron chi connectivity index (χ1n) is 5.38. The smallest absolute Gasteiger partial charge is 0.307 e. The van der Waals surface area contributed by atoms with Crippen LogP contribution in [-0.2, 0) is 16.1 Å². The summed E-state index contributed by atoms with van der Waals surface area (Å²) in [7, 11) is 1.93. The summed E-state index contributed by atoms with van der Waals surface area (Å²) in [6.45, 7) is 5.42. The molecule has 90 valence electrons. The third kappa shape index (κ3) is 4.44. The summed E-state index contributed by atoms with van der Waals surface area (Å²) in [5.41, 5.74) is 0.869. The molecule has 5 heteroatoms. The van der Waals surface area contributed by atoms with Crippen LogP contribution in [0.4, 0.5) is 0 Å². The Hall–Kier alpha value is -1.36. The molecule has 1 heterocycles. The summed E-state index contributed by atoms with van der Waals surface area (Å²) < 4.78 is 9.93. The number of esters is 1. The molecule has 1 aromatic rings. The van der Waals surface area contributed by atoms with Crippen molar-refractivity contribution in [1.29, 1.82) is 0 Å². The topological polar surface area (TPSA) is 55.6 Å². The van der Waals surface area contributed by atoms with Crippen molar-refractivity contribution < 1.29 is 14.1 Å². The maximum Gasteiger partial charge on any atom is 0.307 e. The van der Waals surface area contributed by atoms with Gasteiger partial charge in [-0.2, -0.15) is 0 Å². The maximum atomic E-state index is 11.1. The Morgan fingerprint density at radius 1 is 1.62 bits per heavy atom. The fourth-order valence-electron chi connectivity index (χ4n) is 1.35. The molecule has 0 saturated carbocycles. The highest BCUT2D eigenvalue weighted by Crippen LogP contribution is 2.05. The van der Waals surface area contributed by atoms with Crippen LogP contribution in [0.1, 0.15) is 24.8 Å². The minimum absolute atomic E-state index is 0.164. The Bertz CT molecular complexity index is 336. The van der Waals surface area contributed by atoms with Crippen LogP contribution in [0.3, 0.4) is 0 Å². The standard InChI is InChI=1S/C11H18N2O3/c1-4-15-11(14)5-6-13(3)8-10-7-9(2)12-16-10/h7H,4-6,8H2,1-3H3. The average Bonchev–Trinajstić information content (AvgIpc) is 2.61. The van der Waals surface area contributed by atoms with Crippen molar-refractivity contribution in [2.45, 2.75) is 26.8 Å². The van der Waals surface area contributed by atoms with Gasteiger partial charge in [0.2, 0.25) is 0 Å². The zero-order valence-electron chi connectivity index (χ0n) is 10.0. The second-order valence-electron chi connectivity index (χ2n) is 3.73. The number of ether oxygens (including phenoxy) is 1. The van der Waals surface area contributed by atoms with Crippen LogP contribution in [0.15, 0.2) is 10.6 Å². The van der Waals surface area contributed by atoms with Gasteiger partial charge in [0.1, 0.15) is 0 Å². The van der Waals surface area contributed by atoms with Crippen LogP contribution in [0.25, 0.3) is 0 Å². The summed E-state index contributed by atoms with van der Waals surface area (Å²) in [5, 5.41) is 3.80. The predicted molar refractivity (Wildman–Crippen MR) is 58.8 cm³/mol. The van der Waals surface area contributed by atoms with Crippen molar-refractivity contribution in [3.05, 3.63) is 17.5 Å². The highest BCUT2D eigenvalue weighted by Gasteiger charge is 2.08. The minimum Gasteiger partial charge on any atom is -0.466 e. The van der Waals surface area contributed by atoms with Crippen molar-refractivity contribution >= 4 is 5.97 Å². The highest BCUT2D eigenvalue weighted by molar-refractivity contribution is 5.69. The molecule has 0 aliphatic carbocycles. The molecule has 0 N–H and O–H groups in total. The molecular weight excluding hydrogens is 208 g/mol. The number of carbonyl (C=O) groups excluding carboxylic acids is 1. The summed E-state index contributed by atoms with van der Waals surface area (Å²) >= 11 is 0. The SMILES string of the molecule is CCOC(=O)CCN(C)Cc1cc(C)no1. The zero-order valence-corrected chi connectivity index (χ0v) is 10.0. The molecule has 5 nitrogen and oxygen atoms in total. The average molecular weight is 226 g/mol. The number of hydrogen-bond donors (Lipinski definition) is 0. The van der Waals surface area contributed by atoms with E-state index < -0.39 is 0 Å². The first kappa shape index (κ1) is 12.7. The number of aryl methyl sites for hydroxylation is 1. The van der Waals surface area contributed by atoms with E-state index >= 15 is 0 Å². The van der Waals surface area contributed by atoms with Crippen molar-refractivity contribution in [2.24, 2.45) is 0 Å². The number of nitrogens with zero attached hydrogens (tertiary/aromatic N) is 2. The minimum atomic E-state index is -0.164. The van der Waals surface area contributed by atoms with E-state index in [2.05, 4.69) is 5.16 Å². The lowest BCUT2D eigenvalue weighted by atomic mass is 10.3. The normalized spacial score (nSPS) is 10.8. The van der Waals surface area contributed by atoms with E-state index in [9.17, 15) is 4.79 Å². The summed E-state index contributed by atoms with van der Waals surface area (Å²) in [6.07, 6.45) is 0.400. The third-order valence-corrected chi connectivity index (χ3v) is 2.11. The summed E-state index contributed by atoms with van der Waals surface area (Å²) in [4.78, 5) is 13.1. The molecule has 0 unspecified atom stereocenters. The fraction of sp³-hybridized carbons (Fsp3) is 0.636. The summed E-state index contributed by atoms with van der Waals surface area (Å²) in [5.74, 6) is 0.645. The van der Waals surface area contributed by atoms with Gasteiger partial charge >= 0.3 is 5.97 Å². The van der Waals surface area contributed by atoms with Gasteiger partial charge in [-0.05, 0) is 20.9 Å². The van der Waals surface area contributed by atoms with Gasteiger partial charge in [0.05, 0.1) is 25.3 Å². The van der Waals surface area contributed by atoms with Gasteiger partial charge in [0, 0.05) is 12.6 Å². The molecule has 0 fully saturated rings. The van der Waals surface area contributed by atoms with Crippen molar-refractivity contribution in [3.8, 4) is 0 Å². The van der Waals surface area contributed by atoms with E-state index in [0.29, 0.717) is 26.1 Å². The molecule has 0 spiro atoms. The molecule has 0 aliphatic heterocycles. The van der Waals surface area contributed by atoms with Crippen molar-refractivity contribution in [3.63, 3.8) is 0 Å². The Balaban J connectivity index is 2.25. The van der Waals surface area contributed by atoms with Gasteiger partial charge in [-0.25, -0.2) is 0 Å². The van der Waals surface area contributed by atoms with Gasteiger partial charge in [-0.15, -0.1) is 0 Å². The van der Waals surface area contributed by atoms with Gasteiger partial charge in [-0.1, -0.05) is 5.16 Å². The van der Waals surface area contributed by atoms with E-state index in [1.54, 1.807) is 6.92 Å². The largest absolute Gasteiger partial charge is 0.466 e. The van der Waals surface area contributed by atoms with Crippen molar-refractivity contribution in [1.82, 2.24) is 10.1 Å². The second-order valence-corrected chi connectivity index (χ2v) is 3.73. The molecule has 0 saturated heterocycles. The molecule has 1 rings (SSSR count). The van der Waals surface area contributed by atoms with Crippen LogP contribution < -0.4 is 0 Å². The van der Waals surface area contributed by atoms with E-state index in [4.69, 9.17) is 9.26 Å². The zero-order chi connectivity index (χ0) is 12.0. The Morgan fingerprint density at radius 3 is 2.94 bits per heavy atom. The molecule has 0 bridgehead atoms. The number of carbonyl (C=O) groups is 1. The second kappa shape index (κ2) is 6.27. The van der Waals surface area contributed by atoms with Gasteiger partial charge in [0.15, 0.2) is 5.76 Å². The van der Waals surface area contributed by atoms with E-state index in [-0.39, 0.29) is 5.97 Å². The highest BCUT2D eigenvalue weighted by atomic mass is 16.5. The molecule has 1 aromatic heterocycles. The van der Waals surface area contributed by atoms with Crippen LogP contribution in [0.5, 0.6) is 0 Å². The quantitative estimate of drug-likeness (QED) is 0.686. The molecule has 16 heavy (non-hydrogen) atoms. The van der Waals surface area contributed by atoms with E-state index in [1.807, 2.05) is 24.9 Å². The van der Waals surface area contributed by atoms with Gasteiger partial charge < -0.3 is 9.26 Å². The van der Waals surface area contributed by atoms with E-state index in [0.717, 1.165) is 11.5 Å². The fourth-order valence-corrected chi connectivity index (χ4v) is 1.35. The first-order chi connectivity index (χ1) is 7.61.